The molecule has 1 heterocycles. The Kier molecular flexibility index (Phi) is 4.47. The van der Waals surface area contributed by atoms with Crippen LogP contribution in [0.25, 0.3) is 0 Å². The van der Waals surface area contributed by atoms with Crippen LogP contribution in [-0.2, 0) is 4.79 Å². The van der Waals surface area contributed by atoms with Crippen LogP contribution in [-0.4, -0.2) is 18.5 Å². The highest BCUT2D eigenvalue weighted by molar-refractivity contribution is 5.91. The molecule has 1 amide bonds. The van der Waals surface area contributed by atoms with E-state index in [1.165, 1.54) is 0 Å². The van der Waals surface area contributed by atoms with E-state index < -0.39 is 11.6 Å². The first-order chi connectivity index (χ1) is 9.04. The molecule has 0 spiro atoms. The first-order valence-electron chi connectivity index (χ1n) is 6.54. The van der Waals surface area contributed by atoms with Gasteiger partial charge in [-0.25, -0.2) is 8.78 Å². The summed E-state index contributed by atoms with van der Waals surface area (Å²) in [6.45, 7) is 3.02. The van der Waals surface area contributed by atoms with Crippen molar-refractivity contribution in [2.45, 2.75) is 32.2 Å². The van der Waals surface area contributed by atoms with Gasteiger partial charge in [0.05, 0.1) is 0 Å². The molecule has 0 bridgehead atoms. The third-order valence-corrected chi connectivity index (χ3v) is 3.48. The number of carbonyl (C=O) groups excluding carboxylic acids is 1. The Labute approximate surface area is 111 Å². The van der Waals surface area contributed by atoms with Crippen molar-refractivity contribution in [1.29, 1.82) is 0 Å². The van der Waals surface area contributed by atoms with Crippen LogP contribution in [0.4, 0.5) is 14.5 Å². The van der Waals surface area contributed by atoms with E-state index in [9.17, 15) is 13.6 Å². The molecule has 2 rings (SSSR count). The molecule has 3 nitrogen and oxygen atoms in total. The van der Waals surface area contributed by atoms with Gasteiger partial charge in [0, 0.05) is 24.2 Å². The summed E-state index contributed by atoms with van der Waals surface area (Å²) in [5.74, 6) is -1.18. The molecular weight excluding hydrogens is 250 g/mol. The highest BCUT2D eigenvalue weighted by Crippen LogP contribution is 2.19. The summed E-state index contributed by atoms with van der Waals surface area (Å²) < 4.78 is 26.0. The lowest BCUT2D eigenvalue weighted by molar-refractivity contribution is -0.117. The number of nitrogens with one attached hydrogen (secondary N) is 2. The minimum absolute atomic E-state index is 0.132. The maximum Gasteiger partial charge on any atom is 0.225 e. The monoisotopic (exact) mass is 268 g/mol. The molecule has 2 atom stereocenters. The minimum Gasteiger partial charge on any atom is -0.326 e. The van der Waals surface area contributed by atoms with E-state index in [1.807, 2.05) is 0 Å². The molecule has 0 radical (unpaired) electrons. The molecule has 0 aliphatic carbocycles. The van der Waals surface area contributed by atoms with Crippen LogP contribution in [0.3, 0.4) is 0 Å². The Morgan fingerprint density at radius 1 is 1.37 bits per heavy atom. The third-order valence-electron chi connectivity index (χ3n) is 3.48. The van der Waals surface area contributed by atoms with Crippen LogP contribution in [0, 0.1) is 17.6 Å². The largest absolute Gasteiger partial charge is 0.326 e. The summed E-state index contributed by atoms with van der Waals surface area (Å²) in [7, 11) is 0. The summed E-state index contributed by atoms with van der Waals surface area (Å²) in [5.41, 5.74) is 0.158. The van der Waals surface area contributed by atoms with Gasteiger partial charge in [0.1, 0.15) is 11.6 Å². The average Bonchev–Trinajstić information content (AvgIpc) is 2.30. The van der Waals surface area contributed by atoms with E-state index in [4.69, 9.17) is 0 Å². The Hall–Kier alpha value is -1.49. The van der Waals surface area contributed by atoms with Crippen molar-refractivity contribution in [2.24, 2.45) is 5.92 Å². The van der Waals surface area contributed by atoms with Crippen molar-refractivity contribution < 1.29 is 13.6 Å². The maximum absolute atomic E-state index is 13.0. The summed E-state index contributed by atoms with van der Waals surface area (Å²) >= 11 is 0. The molecule has 19 heavy (non-hydrogen) atoms. The van der Waals surface area contributed by atoms with E-state index in [2.05, 4.69) is 17.6 Å². The number of benzene rings is 1. The second-order valence-corrected chi connectivity index (χ2v) is 5.09. The summed E-state index contributed by atoms with van der Waals surface area (Å²) in [6.07, 6.45) is 2.53. The smallest absolute Gasteiger partial charge is 0.225 e. The standard InChI is InChI=1S/C14H18F2N2O/c1-9-3-2-4-17-13(9)8-14(19)18-12-6-10(15)5-11(16)7-12/h5-7,9,13,17H,2-4,8H2,1H3,(H,18,19). The highest BCUT2D eigenvalue weighted by atomic mass is 19.1. The van der Waals surface area contributed by atoms with Gasteiger partial charge < -0.3 is 10.6 Å². The van der Waals surface area contributed by atoms with Crippen molar-refractivity contribution in [1.82, 2.24) is 5.32 Å². The lowest BCUT2D eigenvalue weighted by atomic mass is 9.90. The average molecular weight is 268 g/mol. The van der Waals surface area contributed by atoms with Crippen molar-refractivity contribution in [2.75, 3.05) is 11.9 Å². The molecule has 2 N–H and O–H groups in total. The molecular formula is C14H18F2N2O. The normalized spacial score (nSPS) is 23.1. The molecule has 5 heteroatoms. The predicted octanol–water partition coefficient (Wildman–Crippen LogP) is 2.68. The van der Waals surface area contributed by atoms with Crippen LogP contribution in [0.5, 0.6) is 0 Å². The molecule has 0 aromatic heterocycles. The molecule has 0 saturated carbocycles. The van der Waals surface area contributed by atoms with Crippen molar-refractivity contribution >= 4 is 11.6 Å². The van der Waals surface area contributed by atoms with Crippen LogP contribution in [0.1, 0.15) is 26.2 Å². The van der Waals surface area contributed by atoms with Gasteiger partial charge in [-0.1, -0.05) is 6.92 Å². The van der Waals surface area contributed by atoms with Gasteiger partial charge in [0.15, 0.2) is 0 Å². The Morgan fingerprint density at radius 3 is 2.68 bits per heavy atom. The molecule has 1 aromatic rings. The van der Waals surface area contributed by atoms with Gasteiger partial charge in [-0.2, -0.15) is 0 Å². The predicted molar refractivity (Wildman–Crippen MR) is 69.8 cm³/mol. The summed E-state index contributed by atoms with van der Waals surface area (Å²) in [6, 6.07) is 3.13. The number of hydrogen-bond acceptors (Lipinski definition) is 2. The van der Waals surface area contributed by atoms with E-state index in [0.717, 1.165) is 37.6 Å². The van der Waals surface area contributed by atoms with Gasteiger partial charge in [0.2, 0.25) is 5.91 Å². The molecule has 1 saturated heterocycles. The van der Waals surface area contributed by atoms with E-state index >= 15 is 0 Å². The van der Waals surface area contributed by atoms with Gasteiger partial charge in [-0.3, -0.25) is 4.79 Å². The van der Waals surface area contributed by atoms with Gasteiger partial charge >= 0.3 is 0 Å². The number of amides is 1. The molecule has 1 aliphatic rings. The fraction of sp³-hybridized carbons (Fsp3) is 0.500. The van der Waals surface area contributed by atoms with E-state index in [1.54, 1.807) is 0 Å². The molecule has 104 valence electrons. The van der Waals surface area contributed by atoms with Crippen molar-refractivity contribution in [3.8, 4) is 0 Å². The third kappa shape index (κ3) is 3.99. The number of halogens is 2. The maximum atomic E-state index is 13.0. The molecule has 1 aromatic carbocycles. The minimum atomic E-state index is -0.695. The Morgan fingerprint density at radius 2 is 2.05 bits per heavy atom. The second kappa shape index (κ2) is 6.10. The first kappa shape index (κ1) is 13.9. The molecule has 1 fully saturated rings. The van der Waals surface area contributed by atoms with Crippen molar-refractivity contribution in [3.05, 3.63) is 29.8 Å². The zero-order valence-electron chi connectivity index (χ0n) is 10.9. The fourth-order valence-electron chi connectivity index (χ4n) is 2.42. The van der Waals surface area contributed by atoms with E-state index in [0.29, 0.717) is 12.3 Å². The highest BCUT2D eigenvalue weighted by Gasteiger charge is 2.23. The first-order valence-corrected chi connectivity index (χ1v) is 6.54. The quantitative estimate of drug-likeness (QED) is 0.885. The number of rotatable bonds is 3. The zero-order valence-corrected chi connectivity index (χ0v) is 10.9. The van der Waals surface area contributed by atoms with Gasteiger partial charge in [0.25, 0.3) is 0 Å². The molecule has 2 unspecified atom stereocenters. The van der Waals surface area contributed by atoms with Crippen LogP contribution in [0.15, 0.2) is 18.2 Å². The SMILES string of the molecule is CC1CCCNC1CC(=O)Nc1cc(F)cc(F)c1. The fourth-order valence-corrected chi connectivity index (χ4v) is 2.42. The van der Waals surface area contributed by atoms with Crippen LogP contribution in [0.2, 0.25) is 0 Å². The number of piperidine rings is 1. The number of anilines is 1. The zero-order chi connectivity index (χ0) is 13.8. The summed E-state index contributed by atoms with van der Waals surface area (Å²) in [5, 5.41) is 5.83. The van der Waals surface area contributed by atoms with Crippen molar-refractivity contribution in [3.63, 3.8) is 0 Å². The lowest BCUT2D eigenvalue weighted by Gasteiger charge is -2.29. The Bertz CT molecular complexity index is 445. The molecule has 1 aliphatic heterocycles. The Balaban J connectivity index is 1.93. The number of hydrogen-bond donors (Lipinski definition) is 2. The van der Waals surface area contributed by atoms with Crippen LogP contribution >= 0.6 is 0 Å². The summed E-state index contributed by atoms with van der Waals surface area (Å²) in [4.78, 5) is 11.9. The van der Waals surface area contributed by atoms with Crippen LogP contribution < -0.4 is 10.6 Å². The second-order valence-electron chi connectivity index (χ2n) is 5.09. The lowest BCUT2D eigenvalue weighted by Crippen LogP contribution is -2.42. The van der Waals surface area contributed by atoms with E-state index in [-0.39, 0.29) is 17.6 Å². The topological polar surface area (TPSA) is 41.1 Å². The van der Waals surface area contributed by atoms with Gasteiger partial charge in [-0.05, 0) is 37.4 Å². The van der Waals surface area contributed by atoms with Gasteiger partial charge in [-0.15, -0.1) is 0 Å². The number of carbonyl (C=O) groups is 1.